The lowest BCUT2D eigenvalue weighted by Gasteiger charge is -2.27. The molecule has 1 fully saturated rings. The van der Waals surface area contributed by atoms with Gasteiger partial charge < -0.3 is 20.1 Å². The molecule has 1 rings (SSSR count). The molecule has 1 aliphatic heterocycles. The zero-order valence-electron chi connectivity index (χ0n) is 4.77. The summed E-state index contributed by atoms with van der Waals surface area (Å²) >= 11 is 0. The number of ether oxygens (including phenoxy) is 1. The molecule has 3 N–H and O–H groups in total. The van der Waals surface area contributed by atoms with Crippen molar-refractivity contribution < 1.29 is 20.1 Å². The third-order valence-corrected chi connectivity index (χ3v) is 1.25. The molecule has 1 aliphatic rings. The molecule has 1 radical (unpaired) electrons. The minimum atomic E-state index is -1.10. The topological polar surface area (TPSA) is 69.9 Å². The molecule has 9 heavy (non-hydrogen) atoms. The fourth-order valence-electron chi connectivity index (χ4n) is 0.659. The van der Waals surface area contributed by atoms with Gasteiger partial charge >= 0.3 is 0 Å². The first kappa shape index (κ1) is 6.95. The summed E-state index contributed by atoms with van der Waals surface area (Å²) < 4.78 is 4.58. The SMILES string of the molecule is O[C@H]1[C@H](O)[CH]OC[C@H]1O. The first-order valence-electron chi connectivity index (χ1n) is 2.71. The average Bonchev–Trinajstić information content (AvgIpc) is 1.83. The van der Waals surface area contributed by atoms with E-state index in [1.165, 1.54) is 0 Å². The zero-order valence-corrected chi connectivity index (χ0v) is 4.77. The van der Waals surface area contributed by atoms with Crippen molar-refractivity contribution in [3.05, 3.63) is 6.61 Å². The van der Waals surface area contributed by atoms with Crippen LogP contribution in [0.3, 0.4) is 0 Å². The summed E-state index contributed by atoms with van der Waals surface area (Å²) in [7, 11) is 0. The van der Waals surface area contributed by atoms with E-state index in [4.69, 9.17) is 15.3 Å². The molecule has 3 atom stereocenters. The quantitative estimate of drug-likeness (QED) is 0.367. The van der Waals surface area contributed by atoms with E-state index in [0.717, 1.165) is 6.61 Å². The van der Waals surface area contributed by atoms with Crippen LogP contribution in [0.4, 0.5) is 0 Å². The number of aliphatic hydroxyl groups is 3. The van der Waals surface area contributed by atoms with Crippen molar-refractivity contribution in [2.45, 2.75) is 18.3 Å². The highest BCUT2D eigenvalue weighted by Crippen LogP contribution is 2.10. The summed E-state index contributed by atoms with van der Waals surface area (Å²) in [6, 6.07) is 0. The third kappa shape index (κ3) is 1.40. The van der Waals surface area contributed by atoms with Gasteiger partial charge in [0.2, 0.25) is 0 Å². The summed E-state index contributed by atoms with van der Waals surface area (Å²) in [6.45, 7) is 1.16. The number of hydrogen-bond acceptors (Lipinski definition) is 4. The first-order chi connectivity index (χ1) is 4.22. The van der Waals surface area contributed by atoms with Gasteiger partial charge in [-0.1, -0.05) is 0 Å². The summed E-state index contributed by atoms with van der Waals surface area (Å²) in [5.41, 5.74) is 0. The molecular formula is C5H9O4. The van der Waals surface area contributed by atoms with Crippen molar-refractivity contribution in [2.24, 2.45) is 0 Å². The maximum absolute atomic E-state index is 8.83. The summed E-state index contributed by atoms with van der Waals surface area (Å²) in [5, 5.41) is 26.4. The summed E-state index contributed by atoms with van der Waals surface area (Å²) in [5.74, 6) is 0. The Morgan fingerprint density at radius 3 is 2.44 bits per heavy atom. The Morgan fingerprint density at radius 1 is 1.33 bits per heavy atom. The van der Waals surface area contributed by atoms with Crippen LogP contribution in [-0.2, 0) is 4.74 Å². The molecule has 53 valence electrons. The van der Waals surface area contributed by atoms with Crippen LogP contribution in [0, 0.1) is 6.61 Å². The van der Waals surface area contributed by atoms with E-state index < -0.39 is 18.3 Å². The van der Waals surface area contributed by atoms with Crippen LogP contribution >= 0.6 is 0 Å². The summed E-state index contributed by atoms with van der Waals surface area (Å²) in [4.78, 5) is 0. The van der Waals surface area contributed by atoms with E-state index in [9.17, 15) is 0 Å². The molecule has 0 aromatic heterocycles. The van der Waals surface area contributed by atoms with Gasteiger partial charge in [0.15, 0.2) is 0 Å². The van der Waals surface area contributed by atoms with Crippen LogP contribution in [0.2, 0.25) is 0 Å². The largest absolute Gasteiger partial charge is 0.388 e. The average molecular weight is 133 g/mol. The summed E-state index contributed by atoms with van der Waals surface area (Å²) in [6.07, 6.45) is -3.13. The molecule has 0 aromatic carbocycles. The lowest BCUT2D eigenvalue weighted by atomic mass is 10.1. The highest BCUT2D eigenvalue weighted by atomic mass is 16.5. The Balaban J connectivity index is 2.41. The number of rotatable bonds is 0. The maximum atomic E-state index is 8.83. The predicted molar refractivity (Wildman–Crippen MR) is 28.3 cm³/mol. The molecular weight excluding hydrogens is 124 g/mol. The van der Waals surface area contributed by atoms with Crippen molar-refractivity contribution in [3.63, 3.8) is 0 Å². The van der Waals surface area contributed by atoms with Crippen molar-refractivity contribution in [2.75, 3.05) is 6.61 Å². The van der Waals surface area contributed by atoms with Crippen molar-refractivity contribution in [1.82, 2.24) is 0 Å². The van der Waals surface area contributed by atoms with Crippen LogP contribution in [0.15, 0.2) is 0 Å². The van der Waals surface area contributed by atoms with Crippen LogP contribution in [0.1, 0.15) is 0 Å². The van der Waals surface area contributed by atoms with Crippen LogP contribution in [0.5, 0.6) is 0 Å². The van der Waals surface area contributed by atoms with Gasteiger partial charge in [-0.25, -0.2) is 0 Å². The molecule has 0 spiro atoms. The lowest BCUT2D eigenvalue weighted by molar-refractivity contribution is -0.124. The van der Waals surface area contributed by atoms with Crippen LogP contribution < -0.4 is 0 Å². The third-order valence-electron chi connectivity index (χ3n) is 1.25. The second kappa shape index (κ2) is 2.62. The molecule has 0 aromatic rings. The Hall–Kier alpha value is -0.160. The Bertz CT molecular complexity index is 85.0. The van der Waals surface area contributed by atoms with Gasteiger partial charge in [0.1, 0.15) is 24.9 Å². The molecule has 0 amide bonds. The molecule has 1 heterocycles. The monoisotopic (exact) mass is 133 g/mol. The second-order valence-corrected chi connectivity index (χ2v) is 2.02. The molecule has 0 aliphatic carbocycles. The zero-order chi connectivity index (χ0) is 6.85. The molecule has 0 unspecified atom stereocenters. The van der Waals surface area contributed by atoms with E-state index in [0.29, 0.717) is 0 Å². The molecule has 1 saturated heterocycles. The van der Waals surface area contributed by atoms with E-state index in [-0.39, 0.29) is 6.61 Å². The van der Waals surface area contributed by atoms with Crippen molar-refractivity contribution >= 4 is 0 Å². The Kier molecular flexibility index (Phi) is 2.02. The van der Waals surface area contributed by atoms with Gasteiger partial charge in [-0.2, -0.15) is 0 Å². The molecule has 0 saturated carbocycles. The normalized spacial score (nSPS) is 45.0. The standard InChI is InChI=1S/C5H9O4/c6-3-1-9-2-4(7)5(3)8/h1,3-8H,2H2/t3-,4-,5+/m1/s1. The Labute approximate surface area is 52.7 Å². The van der Waals surface area contributed by atoms with Crippen molar-refractivity contribution in [3.8, 4) is 0 Å². The predicted octanol–water partition coefficient (Wildman–Crippen LogP) is -1.74. The molecule has 4 heteroatoms. The molecule has 0 bridgehead atoms. The van der Waals surface area contributed by atoms with E-state index >= 15 is 0 Å². The van der Waals surface area contributed by atoms with Gasteiger partial charge in [0, 0.05) is 0 Å². The van der Waals surface area contributed by atoms with Gasteiger partial charge in [-0.3, -0.25) is 0 Å². The van der Waals surface area contributed by atoms with Crippen LogP contribution in [-0.4, -0.2) is 40.2 Å². The number of hydrogen-bond donors (Lipinski definition) is 3. The smallest absolute Gasteiger partial charge is 0.115 e. The fraction of sp³-hybridized carbons (Fsp3) is 0.800. The van der Waals surface area contributed by atoms with Crippen LogP contribution in [0.25, 0.3) is 0 Å². The van der Waals surface area contributed by atoms with E-state index in [1.54, 1.807) is 0 Å². The van der Waals surface area contributed by atoms with E-state index in [2.05, 4.69) is 4.74 Å². The van der Waals surface area contributed by atoms with Gasteiger partial charge in [0.25, 0.3) is 0 Å². The van der Waals surface area contributed by atoms with Gasteiger partial charge in [-0.05, 0) is 0 Å². The van der Waals surface area contributed by atoms with E-state index in [1.807, 2.05) is 0 Å². The number of aliphatic hydroxyl groups excluding tert-OH is 3. The second-order valence-electron chi connectivity index (χ2n) is 2.02. The fourth-order valence-corrected chi connectivity index (χ4v) is 0.659. The lowest BCUT2D eigenvalue weighted by Crippen LogP contribution is -2.44. The highest BCUT2D eigenvalue weighted by Gasteiger charge is 2.29. The highest BCUT2D eigenvalue weighted by molar-refractivity contribution is 4.85. The maximum Gasteiger partial charge on any atom is 0.115 e. The van der Waals surface area contributed by atoms with Gasteiger partial charge in [0.05, 0.1) is 6.61 Å². The first-order valence-corrected chi connectivity index (χ1v) is 2.71. The van der Waals surface area contributed by atoms with Crippen molar-refractivity contribution in [1.29, 1.82) is 0 Å². The van der Waals surface area contributed by atoms with Gasteiger partial charge in [-0.15, -0.1) is 0 Å². The minimum absolute atomic E-state index is 0.0538. The molecule has 4 nitrogen and oxygen atoms in total. The Morgan fingerprint density at radius 2 is 2.00 bits per heavy atom. The minimum Gasteiger partial charge on any atom is -0.388 e.